The molecule has 0 aliphatic heterocycles. The third kappa shape index (κ3) is 4.17. The van der Waals surface area contributed by atoms with E-state index in [1.54, 1.807) is 30.3 Å². The van der Waals surface area contributed by atoms with Gasteiger partial charge in [0.1, 0.15) is 11.2 Å². The van der Waals surface area contributed by atoms with E-state index in [9.17, 15) is 2.74 Å². The highest BCUT2D eigenvalue weighted by Crippen LogP contribution is 2.47. The number of hydrogen-bond acceptors (Lipinski definition) is 1. The second-order valence-electron chi connectivity index (χ2n) is 10.4. The first-order chi connectivity index (χ1) is 29.0. The van der Waals surface area contributed by atoms with Crippen molar-refractivity contribution in [3.05, 3.63) is 169 Å². The summed E-state index contributed by atoms with van der Waals surface area (Å²) in [6.45, 7) is 0. The van der Waals surface area contributed by atoms with Gasteiger partial charge in [0.15, 0.2) is 0 Å². The molecule has 1 nitrogen and oxygen atoms in total. The number of benzene rings is 8. The van der Waals surface area contributed by atoms with Crippen molar-refractivity contribution in [2.45, 2.75) is 0 Å². The molecule has 45 heavy (non-hydrogen) atoms. The van der Waals surface area contributed by atoms with E-state index in [0.717, 1.165) is 0 Å². The van der Waals surface area contributed by atoms with Gasteiger partial charge in [-0.2, -0.15) is 0 Å². The zero-order chi connectivity index (χ0) is 43.7. The lowest BCUT2D eigenvalue weighted by molar-refractivity contribution is 0.669. The van der Waals surface area contributed by atoms with Crippen LogP contribution in [0.2, 0.25) is 0 Å². The molecule has 1 heteroatoms. The summed E-state index contributed by atoms with van der Waals surface area (Å²) in [7, 11) is 0. The van der Waals surface area contributed by atoms with Crippen LogP contribution in [0, 0.1) is 0 Å². The maximum atomic E-state index is 9.56. The van der Waals surface area contributed by atoms with Gasteiger partial charge in [0.05, 0.1) is 21.9 Å². The number of hydrogen-bond donors (Lipinski definition) is 0. The Balaban J connectivity index is 1.43. The van der Waals surface area contributed by atoms with Crippen molar-refractivity contribution in [3.63, 3.8) is 0 Å². The van der Waals surface area contributed by atoms with Crippen molar-refractivity contribution < 1.29 is 26.3 Å². The Kier molecular flexibility index (Phi) is 3.28. The summed E-state index contributed by atoms with van der Waals surface area (Å²) in [4.78, 5) is 0. The molecule has 210 valence electrons. The summed E-state index contributed by atoms with van der Waals surface area (Å²) in [5.41, 5.74) is 0.779. The molecule has 0 N–H and O–H groups in total. The fraction of sp³-hybridized carbons (Fsp3) is 0. The molecular formula is C44H28O. The zero-order valence-electron chi connectivity index (χ0n) is 39.3. The van der Waals surface area contributed by atoms with Crippen LogP contribution < -0.4 is 0 Å². The quantitative estimate of drug-likeness (QED) is 0.186. The van der Waals surface area contributed by atoms with E-state index in [0.29, 0.717) is 43.8 Å². The van der Waals surface area contributed by atoms with Gasteiger partial charge in [-0.25, -0.2) is 0 Å². The third-order valence-corrected chi connectivity index (χ3v) is 7.94. The Morgan fingerprint density at radius 2 is 1.00 bits per heavy atom. The Labute approximate surface area is 284 Å². The smallest absolute Gasteiger partial charge is 0.136 e. The summed E-state index contributed by atoms with van der Waals surface area (Å²) >= 11 is 0. The molecule has 0 bridgehead atoms. The van der Waals surface area contributed by atoms with Crippen LogP contribution in [-0.4, -0.2) is 0 Å². The lowest BCUT2D eigenvalue weighted by atomic mass is 9.84. The van der Waals surface area contributed by atoms with Crippen molar-refractivity contribution >= 4 is 43.5 Å². The first-order valence-corrected chi connectivity index (χ1v) is 14.1. The molecule has 0 aliphatic carbocycles. The van der Waals surface area contributed by atoms with Crippen LogP contribution in [0.1, 0.15) is 21.9 Å². The molecule has 9 rings (SSSR count). The Morgan fingerprint density at radius 1 is 0.400 bits per heavy atom. The highest BCUT2D eigenvalue weighted by atomic mass is 16.3. The molecule has 0 spiro atoms. The average molecular weight is 589 g/mol. The van der Waals surface area contributed by atoms with Gasteiger partial charge in [0, 0.05) is 10.8 Å². The molecule has 8 aromatic carbocycles. The highest BCUT2D eigenvalue weighted by Gasteiger charge is 2.20. The number of fused-ring (bicyclic) bond motifs is 5. The standard InChI is InChI=1S/C44H28O/c1-3-13-29(14-4-1)31-17-11-18-33(27-31)42-34-19-7-9-21-36(34)43(37-22-10-8-20-35(37)42)38-23-12-24-41-44(38)39-28-32(25-26-40(39)45-41)30-15-5-2-6-16-30/h1-28H/i1D,2D,3D,4D,5D,6D,12D,13D,14D,15D,16D,23D,24D,25D,26D,28D. The molecule has 0 unspecified atom stereocenters. The van der Waals surface area contributed by atoms with Crippen molar-refractivity contribution in [2.75, 3.05) is 0 Å². The summed E-state index contributed by atoms with van der Waals surface area (Å²) < 4.78 is 145. The zero-order valence-corrected chi connectivity index (χ0v) is 23.3. The van der Waals surface area contributed by atoms with E-state index >= 15 is 0 Å². The molecule has 0 amide bonds. The molecule has 9 aromatic rings. The SMILES string of the molecule is [2H]c1c([2H])c([2H])c(-c2cccc(-c3c4ccccc4c(-c4c([2H])c([2H])c([2H])c5oc6c([2H])c([2H])c(-c7c([2H])c([2H])c([2H])c([2H])c7[2H])c([2H])c6c45)c4ccccc34)c2)c([2H])c1[2H]. The van der Waals surface area contributed by atoms with Crippen LogP contribution in [0.5, 0.6) is 0 Å². The number of furan rings is 1. The minimum atomic E-state index is -0.697. The van der Waals surface area contributed by atoms with Crippen molar-refractivity contribution in [2.24, 2.45) is 0 Å². The second kappa shape index (κ2) is 10.4. The maximum Gasteiger partial charge on any atom is 0.136 e. The number of rotatable bonds is 4. The second-order valence-corrected chi connectivity index (χ2v) is 10.4. The maximum absolute atomic E-state index is 9.56. The van der Waals surface area contributed by atoms with E-state index in [4.69, 9.17) is 23.6 Å². The van der Waals surface area contributed by atoms with Crippen LogP contribution in [-0.2, 0) is 0 Å². The van der Waals surface area contributed by atoms with Crippen molar-refractivity contribution in [3.8, 4) is 44.5 Å². The summed E-state index contributed by atoms with van der Waals surface area (Å²) in [6.07, 6.45) is 0. The normalized spacial score (nSPS) is 16.5. The van der Waals surface area contributed by atoms with Gasteiger partial charge >= 0.3 is 0 Å². The Hall–Kier alpha value is -5.92. The van der Waals surface area contributed by atoms with Gasteiger partial charge in [-0.3, -0.25) is 0 Å². The lowest BCUT2D eigenvalue weighted by Crippen LogP contribution is -1.91. The monoisotopic (exact) mass is 588 g/mol. The average Bonchev–Trinajstić information content (AvgIpc) is 3.67. The van der Waals surface area contributed by atoms with Gasteiger partial charge in [-0.1, -0.05) is 145 Å². The molecule has 0 fully saturated rings. The molecule has 1 aromatic heterocycles. The fourth-order valence-corrected chi connectivity index (χ4v) is 6.07. The molecule has 1 heterocycles. The van der Waals surface area contributed by atoms with Crippen LogP contribution >= 0.6 is 0 Å². The van der Waals surface area contributed by atoms with E-state index in [-0.39, 0.29) is 45.2 Å². The van der Waals surface area contributed by atoms with Crippen molar-refractivity contribution in [1.82, 2.24) is 0 Å². The van der Waals surface area contributed by atoms with E-state index in [2.05, 4.69) is 0 Å². The van der Waals surface area contributed by atoms with Crippen LogP contribution in [0.4, 0.5) is 0 Å². The Bertz CT molecular complexity index is 3330. The minimum Gasteiger partial charge on any atom is -0.456 e. The lowest BCUT2D eigenvalue weighted by Gasteiger charge is -2.18. The molecule has 0 atom stereocenters. The molecular weight excluding hydrogens is 544 g/mol. The highest BCUT2D eigenvalue weighted by molar-refractivity contribution is 6.25. The van der Waals surface area contributed by atoms with Crippen LogP contribution in [0.3, 0.4) is 0 Å². The predicted molar refractivity (Wildman–Crippen MR) is 190 cm³/mol. The fourth-order valence-electron chi connectivity index (χ4n) is 6.07. The van der Waals surface area contributed by atoms with E-state index < -0.39 is 95.7 Å². The topological polar surface area (TPSA) is 13.1 Å². The van der Waals surface area contributed by atoms with E-state index in [1.807, 2.05) is 42.5 Å². The third-order valence-electron chi connectivity index (χ3n) is 7.94. The van der Waals surface area contributed by atoms with Crippen LogP contribution in [0.25, 0.3) is 88.0 Å². The molecule has 0 aliphatic rings. The predicted octanol–water partition coefficient (Wildman–Crippen LogP) is 12.6. The largest absolute Gasteiger partial charge is 0.456 e. The first-order valence-electron chi connectivity index (χ1n) is 22.1. The minimum absolute atomic E-state index is 0.000595. The van der Waals surface area contributed by atoms with Gasteiger partial charge in [-0.15, -0.1) is 0 Å². The van der Waals surface area contributed by atoms with Gasteiger partial charge in [-0.05, 0) is 90.2 Å². The summed E-state index contributed by atoms with van der Waals surface area (Å²) in [5, 5.41) is 2.28. The van der Waals surface area contributed by atoms with Gasteiger partial charge in [0.25, 0.3) is 0 Å². The van der Waals surface area contributed by atoms with Gasteiger partial charge in [0.2, 0.25) is 0 Å². The summed E-state index contributed by atoms with van der Waals surface area (Å²) in [6, 6.07) is 12.7. The van der Waals surface area contributed by atoms with Gasteiger partial charge < -0.3 is 4.42 Å². The Morgan fingerprint density at radius 3 is 1.67 bits per heavy atom. The van der Waals surface area contributed by atoms with Crippen LogP contribution in [0.15, 0.2) is 174 Å². The molecule has 0 saturated heterocycles. The summed E-state index contributed by atoms with van der Waals surface area (Å²) in [5.74, 6) is 0. The van der Waals surface area contributed by atoms with Crippen molar-refractivity contribution in [1.29, 1.82) is 0 Å². The molecule has 0 saturated carbocycles. The van der Waals surface area contributed by atoms with E-state index in [1.165, 1.54) is 0 Å². The first kappa shape index (κ1) is 14.2. The molecule has 0 radical (unpaired) electrons.